The largest absolute Gasteiger partial charge is 0.397 e. The van der Waals surface area contributed by atoms with Crippen LogP contribution in [0.4, 0.5) is 10.1 Å². The van der Waals surface area contributed by atoms with E-state index in [9.17, 15) is 14.3 Å². The summed E-state index contributed by atoms with van der Waals surface area (Å²) in [6.45, 7) is 1.42. The van der Waals surface area contributed by atoms with E-state index < -0.39 is 17.8 Å². The Morgan fingerprint density at radius 3 is 2.77 bits per heavy atom. The first kappa shape index (κ1) is 18.0. The Bertz CT molecular complexity index is 973. The van der Waals surface area contributed by atoms with E-state index in [1.54, 1.807) is 6.92 Å². The molecule has 3 aromatic rings. The highest BCUT2D eigenvalue weighted by Crippen LogP contribution is 2.31. The maximum Gasteiger partial charge on any atom is 0.272 e. The number of nitrogen functional groups attached to an aromatic ring is 1. The van der Waals surface area contributed by atoms with Crippen LogP contribution in [0.5, 0.6) is 0 Å². The first-order valence-corrected chi connectivity index (χ1v) is 7.97. The minimum atomic E-state index is -1.91. The molecule has 2 unspecified atom stereocenters. The third-order valence-corrected chi connectivity index (χ3v) is 4.08. The van der Waals surface area contributed by atoms with Gasteiger partial charge in [-0.25, -0.2) is 9.07 Å². The number of nitrogens with two attached hydrogens (primary N) is 1. The zero-order chi connectivity index (χ0) is 18.8. The molecule has 0 aliphatic heterocycles. The number of aromatic nitrogens is 4. The van der Waals surface area contributed by atoms with Gasteiger partial charge in [-0.3, -0.25) is 4.79 Å². The number of nitrogens with zero attached hydrogens (tertiary/aromatic N) is 4. The van der Waals surface area contributed by atoms with Crippen molar-refractivity contribution in [1.29, 1.82) is 0 Å². The van der Waals surface area contributed by atoms with Crippen LogP contribution in [0.1, 0.15) is 35.1 Å². The summed E-state index contributed by atoms with van der Waals surface area (Å²) in [6.07, 6.45) is -2.07. The molecule has 1 aromatic carbocycles. The number of aliphatic hydroxyl groups is 1. The lowest BCUT2D eigenvalue weighted by Gasteiger charge is -2.12. The summed E-state index contributed by atoms with van der Waals surface area (Å²) in [5.41, 5.74) is 6.12. The number of hydrogen-bond acceptors (Lipinski definition) is 7. The molecular formula is C16H15ClFN5O3. The molecule has 136 valence electrons. The number of rotatable bonds is 5. The van der Waals surface area contributed by atoms with Crippen LogP contribution in [0.25, 0.3) is 0 Å². The van der Waals surface area contributed by atoms with Crippen molar-refractivity contribution in [3.8, 4) is 0 Å². The van der Waals surface area contributed by atoms with Crippen LogP contribution < -0.4 is 11.3 Å². The Morgan fingerprint density at radius 2 is 2.08 bits per heavy atom. The Kier molecular flexibility index (Phi) is 5.01. The quantitative estimate of drug-likeness (QED) is 0.695. The van der Waals surface area contributed by atoms with Crippen molar-refractivity contribution in [1.82, 2.24) is 19.9 Å². The average Bonchev–Trinajstić information content (AvgIpc) is 3.10. The van der Waals surface area contributed by atoms with Gasteiger partial charge in [-0.15, -0.1) is 0 Å². The molecule has 0 fully saturated rings. The fourth-order valence-corrected chi connectivity index (χ4v) is 2.38. The highest BCUT2D eigenvalue weighted by atomic mass is 35.5. The number of anilines is 1. The van der Waals surface area contributed by atoms with E-state index in [1.807, 2.05) is 0 Å². The maximum atomic E-state index is 14.5. The van der Waals surface area contributed by atoms with Crippen molar-refractivity contribution in [3.05, 3.63) is 68.7 Å². The van der Waals surface area contributed by atoms with Crippen LogP contribution in [-0.4, -0.2) is 25.0 Å². The van der Waals surface area contributed by atoms with Gasteiger partial charge in [-0.1, -0.05) is 28.9 Å². The van der Waals surface area contributed by atoms with Crippen LogP contribution in [0.15, 0.2) is 39.8 Å². The lowest BCUT2D eigenvalue weighted by Crippen LogP contribution is -2.26. The van der Waals surface area contributed by atoms with Gasteiger partial charge in [0.15, 0.2) is 6.17 Å². The smallest absolute Gasteiger partial charge is 0.272 e. The molecule has 0 amide bonds. The van der Waals surface area contributed by atoms with E-state index in [0.29, 0.717) is 16.1 Å². The average molecular weight is 380 g/mol. The van der Waals surface area contributed by atoms with Gasteiger partial charge < -0.3 is 15.4 Å². The first-order valence-electron chi connectivity index (χ1n) is 7.59. The Hall–Kier alpha value is -2.78. The van der Waals surface area contributed by atoms with Crippen molar-refractivity contribution in [2.24, 2.45) is 0 Å². The fourth-order valence-electron chi connectivity index (χ4n) is 2.25. The van der Waals surface area contributed by atoms with Crippen molar-refractivity contribution in [2.75, 3.05) is 5.73 Å². The predicted octanol–water partition coefficient (Wildman–Crippen LogP) is 1.96. The third-order valence-electron chi connectivity index (χ3n) is 3.83. The summed E-state index contributed by atoms with van der Waals surface area (Å²) in [6, 6.07) is 6.08. The van der Waals surface area contributed by atoms with E-state index in [-0.39, 0.29) is 23.9 Å². The lowest BCUT2D eigenvalue weighted by molar-refractivity contribution is 0.0708. The second-order valence-electron chi connectivity index (χ2n) is 5.63. The fraction of sp³-hybridized carbons (Fsp3) is 0.250. The van der Waals surface area contributed by atoms with E-state index in [4.69, 9.17) is 21.9 Å². The molecule has 2 heterocycles. The molecule has 0 aliphatic carbocycles. The molecule has 0 spiro atoms. The number of halogens is 2. The van der Waals surface area contributed by atoms with E-state index in [1.165, 1.54) is 30.5 Å². The van der Waals surface area contributed by atoms with Crippen LogP contribution >= 0.6 is 11.6 Å². The first-order chi connectivity index (χ1) is 12.4. The highest BCUT2D eigenvalue weighted by molar-refractivity contribution is 6.30. The minimum absolute atomic E-state index is 0.0234. The SMILES string of the molecule is Cc1c(N)cnn(Cc2nc(C(F)C(O)c3ccc(Cl)cc3)no2)c1=O. The van der Waals surface area contributed by atoms with Crippen molar-refractivity contribution in [2.45, 2.75) is 25.7 Å². The predicted molar refractivity (Wildman–Crippen MR) is 91.3 cm³/mol. The lowest BCUT2D eigenvalue weighted by atomic mass is 10.1. The van der Waals surface area contributed by atoms with Gasteiger partial charge in [0.05, 0.1) is 11.9 Å². The summed E-state index contributed by atoms with van der Waals surface area (Å²) in [5, 5.41) is 18.0. The number of alkyl halides is 1. The molecule has 3 N–H and O–H groups in total. The maximum absolute atomic E-state index is 14.5. The molecule has 0 saturated carbocycles. The minimum Gasteiger partial charge on any atom is -0.397 e. The van der Waals surface area contributed by atoms with Gasteiger partial charge in [-0.2, -0.15) is 10.1 Å². The molecule has 0 bridgehead atoms. The highest BCUT2D eigenvalue weighted by Gasteiger charge is 2.27. The number of aliphatic hydroxyl groups excluding tert-OH is 1. The summed E-state index contributed by atoms with van der Waals surface area (Å²) in [5.74, 6) is -0.354. The number of hydrogen-bond donors (Lipinski definition) is 2. The topological polar surface area (TPSA) is 120 Å². The summed E-state index contributed by atoms with van der Waals surface area (Å²) in [7, 11) is 0. The van der Waals surface area contributed by atoms with Gasteiger partial charge in [0.25, 0.3) is 5.56 Å². The third kappa shape index (κ3) is 3.58. The van der Waals surface area contributed by atoms with Crippen molar-refractivity contribution in [3.63, 3.8) is 0 Å². The second kappa shape index (κ2) is 7.22. The number of benzene rings is 1. The van der Waals surface area contributed by atoms with E-state index in [0.717, 1.165) is 4.68 Å². The van der Waals surface area contributed by atoms with Gasteiger partial charge in [0.1, 0.15) is 12.6 Å². The van der Waals surface area contributed by atoms with Gasteiger partial charge in [0, 0.05) is 10.6 Å². The Labute approximate surface area is 152 Å². The van der Waals surface area contributed by atoms with E-state index in [2.05, 4.69) is 15.2 Å². The Morgan fingerprint density at radius 1 is 1.38 bits per heavy atom. The van der Waals surface area contributed by atoms with Crippen LogP contribution in [0.3, 0.4) is 0 Å². The molecule has 10 heteroatoms. The van der Waals surface area contributed by atoms with Crippen LogP contribution in [0, 0.1) is 6.92 Å². The van der Waals surface area contributed by atoms with E-state index >= 15 is 0 Å². The van der Waals surface area contributed by atoms with Crippen molar-refractivity contribution >= 4 is 17.3 Å². The van der Waals surface area contributed by atoms with Gasteiger partial charge in [0.2, 0.25) is 11.7 Å². The molecule has 0 saturated heterocycles. The molecule has 3 rings (SSSR count). The molecule has 26 heavy (non-hydrogen) atoms. The standard InChI is InChI=1S/C16H15ClFN5O3/c1-8-11(19)6-20-23(16(8)25)7-12-21-15(22-26-12)13(18)14(24)9-2-4-10(17)5-3-9/h2-6,13-14,24H,7,19H2,1H3. The molecular weight excluding hydrogens is 365 g/mol. The molecule has 2 aromatic heterocycles. The molecule has 2 atom stereocenters. The summed E-state index contributed by atoms with van der Waals surface area (Å²) < 4.78 is 20.5. The molecule has 8 nitrogen and oxygen atoms in total. The van der Waals surface area contributed by atoms with Gasteiger partial charge >= 0.3 is 0 Å². The zero-order valence-corrected chi connectivity index (χ0v) is 14.4. The summed E-state index contributed by atoms with van der Waals surface area (Å²) in [4.78, 5) is 16.0. The van der Waals surface area contributed by atoms with Gasteiger partial charge in [-0.05, 0) is 24.6 Å². The van der Waals surface area contributed by atoms with Crippen LogP contribution in [-0.2, 0) is 6.54 Å². The monoisotopic (exact) mass is 379 g/mol. The van der Waals surface area contributed by atoms with Crippen LogP contribution in [0.2, 0.25) is 5.02 Å². The zero-order valence-electron chi connectivity index (χ0n) is 13.6. The normalized spacial score (nSPS) is 13.5. The Balaban J connectivity index is 1.78. The second-order valence-corrected chi connectivity index (χ2v) is 6.07. The molecule has 0 aliphatic rings. The van der Waals surface area contributed by atoms with Crippen molar-refractivity contribution < 1.29 is 14.0 Å². The molecule has 0 radical (unpaired) electrons. The summed E-state index contributed by atoms with van der Waals surface area (Å²) >= 11 is 5.77.